The molecule has 2 aliphatic rings. The van der Waals surface area contributed by atoms with Gasteiger partial charge in [-0.1, -0.05) is 68.7 Å². The quantitative estimate of drug-likeness (QED) is 0.184. The van der Waals surface area contributed by atoms with E-state index in [0.717, 1.165) is 52.8 Å². The molecule has 1 N–H and O–H groups in total. The van der Waals surface area contributed by atoms with E-state index in [1.54, 1.807) is 52.1 Å². The first-order valence-corrected chi connectivity index (χ1v) is 18.5. The van der Waals surface area contributed by atoms with Crippen LogP contribution in [0.15, 0.2) is 67.0 Å². The lowest BCUT2D eigenvalue weighted by Crippen LogP contribution is -2.43. The van der Waals surface area contributed by atoms with E-state index in [4.69, 9.17) is 19.4 Å². The van der Waals surface area contributed by atoms with Crippen LogP contribution in [-0.2, 0) is 32.1 Å². The number of nitrogens with one attached hydrogen (secondary N) is 1. The summed E-state index contributed by atoms with van der Waals surface area (Å²) in [4.78, 5) is 49.5. The number of carbonyl (C=O) groups is 3. The fourth-order valence-electron chi connectivity index (χ4n) is 7.27. The van der Waals surface area contributed by atoms with Crippen molar-refractivity contribution in [2.45, 2.75) is 97.6 Å². The standard InChI is InChI=1S/C42H54N4O5/c1-6-29-7-13-32(14-8-29)33-17-19-34(20-18-33)36-24-44-41(45-25-36)35-15-9-31(10-16-35)27-46(28-40(49)51-42(2,3)4)39(48)26-43-38(47)23-30-11-21-37(50-5)22-12-30/h9-12,15-16,19,21-22,24-25,29,32-33H,6-8,13-14,17-18,20,23,26-28H2,1-5H3,(H,43,47)/t29-,32-,33?. The Kier molecular flexibility index (Phi) is 13.0. The van der Waals surface area contributed by atoms with Gasteiger partial charge >= 0.3 is 5.97 Å². The van der Waals surface area contributed by atoms with Crippen LogP contribution in [0.25, 0.3) is 17.0 Å². The third-order valence-electron chi connectivity index (χ3n) is 10.2. The second-order valence-electron chi connectivity index (χ2n) is 15.1. The van der Waals surface area contributed by atoms with Crippen LogP contribution in [0.4, 0.5) is 0 Å². The van der Waals surface area contributed by atoms with Crippen molar-refractivity contribution in [2.75, 3.05) is 20.2 Å². The summed E-state index contributed by atoms with van der Waals surface area (Å²) in [6.07, 6.45) is 16.8. The van der Waals surface area contributed by atoms with E-state index in [2.05, 4.69) is 18.3 Å². The number of nitrogens with zero attached hydrogens (tertiary/aromatic N) is 3. The number of hydrogen-bond acceptors (Lipinski definition) is 7. The van der Waals surface area contributed by atoms with Gasteiger partial charge in [-0.15, -0.1) is 0 Å². The van der Waals surface area contributed by atoms with Crippen molar-refractivity contribution in [1.29, 1.82) is 0 Å². The van der Waals surface area contributed by atoms with Gasteiger partial charge in [-0.3, -0.25) is 14.4 Å². The zero-order valence-electron chi connectivity index (χ0n) is 31.0. The molecule has 2 aliphatic carbocycles. The van der Waals surface area contributed by atoms with Gasteiger partial charge in [-0.2, -0.15) is 0 Å². The molecule has 0 radical (unpaired) electrons. The molecule has 9 heteroatoms. The highest BCUT2D eigenvalue weighted by Crippen LogP contribution is 2.41. The van der Waals surface area contributed by atoms with Gasteiger partial charge in [0.15, 0.2) is 5.82 Å². The number of aromatic nitrogens is 2. The molecule has 0 saturated heterocycles. The Balaban J connectivity index is 1.17. The third-order valence-corrected chi connectivity index (χ3v) is 10.2. The summed E-state index contributed by atoms with van der Waals surface area (Å²) in [7, 11) is 1.58. The van der Waals surface area contributed by atoms with Crippen LogP contribution in [0.1, 0.15) is 95.8 Å². The molecule has 1 heterocycles. The van der Waals surface area contributed by atoms with E-state index >= 15 is 0 Å². The summed E-state index contributed by atoms with van der Waals surface area (Å²) >= 11 is 0. The molecule has 1 unspecified atom stereocenters. The van der Waals surface area contributed by atoms with Crippen molar-refractivity contribution in [3.63, 3.8) is 0 Å². The van der Waals surface area contributed by atoms with Gasteiger partial charge in [0.05, 0.1) is 20.1 Å². The molecule has 9 nitrogen and oxygen atoms in total. The number of carbonyl (C=O) groups excluding carboxylic acids is 3. The van der Waals surface area contributed by atoms with Crippen LogP contribution in [0.2, 0.25) is 0 Å². The average Bonchev–Trinajstić information content (AvgIpc) is 3.13. The molecule has 1 saturated carbocycles. The van der Waals surface area contributed by atoms with Crippen LogP contribution in [0.3, 0.4) is 0 Å². The monoisotopic (exact) mass is 694 g/mol. The van der Waals surface area contributed by atoms with Gasteiger partial charge in [0.1, 0.15) is 17.9 Å². The van der Waals surface area contributed by atoms with Crippen LogP contribution in [0, 0.1) is 17.8 Å². The second kappa shape index (κ2) is 17.6. The smallest absolute Gasteiger partial charge is 0.326 e. The maximum absolute atomic E-state index is 13.3. The Hall–Kier alpha value is -4.53. The molecule has 0 aliphatic heterocycles. The highest BCUT2D eigenvalue weighted by Gasteiger charge is 2.28. The summed E-state index contributed by atoms with van der Waals surface area (Å²) in [6.45, 7) is 7.36. The maximum Gasteiger partial charge on any atom is 0.326 e. The van der Waals surface area contributed by atoms with Crippen molar-refractivity contribution in [3.8, 4) is 17.1 Å². The zero-order valence-corrected chi connectivity index (χ0v) is 31.0. The van der Waals surface area contributed by atoms with E-state index < -0.39 is 11.6 Å². The minimum Gasteiger partial charge on any atom is -0.497 e. The number of esters is 1. The fourth-order valence-corrected chi connectivity index (χ4v) is 7.27. The summed E-state index contributed by atoms with van der Waals surface area (Å²) in [5.74, 6) is 2.76. The molecular weight excluding hydrogens is 640 g/mol. The number of methoxy groups -OCH3 is 1. The predicted octanol–water partition coefficient (Wildman–Crippen LogP) is 7.58. The molecule has 5 rings (SSSR count). The highest BCUT2D eigenvalue weighted by atomic mass is 16.6. The summed E-state index contributed by atoms with van der Waals surface area (Å²) in [6, 6.07) is 14.8. The molecule has 0 spiro atoms. The Bertz CT molecular complexity index is 1640. The lowest BCUT2D eigenvalue weighted by Gasteiger charge is -2.35. The van der Waals surface area contributed by atoms with Crippen molar-refractivity contribution in [1.82, 2.24) is 20.2 Å². The average molecular weight is 695 g/mol. The second-order valence-corrected chi connectivity index (χ2v) is 15.1. The van der Waals surface area contributed by atoms with Crippen LogP contribution >= 0.6 is 0 Å². The normalized spacial score (nSPS) is 19.1. The highest BCUT2D eigenvalue weighted by molar-refractivity contribution is 5.87. The molecule has 3 aromatic rings. The van der Waals surface area contributed by atoms with Gasteiger partial charge in [0.2, 0.25) is 11.8 Å². The van der Waals surface area contributed by atoms with E-state index in [1.807, 2.05) is 36.7 Å². The minimum atomic E-state index is -0.695. The lowest BCUT2D eigenvalue weighted by atomic mass is 9.71. The first kappa shape index (κ1) is 37.7. The Morgan fingerprint density at radius 2 is 1.53 bits per heavy atom. The Morgan fingerprint density at radius 3 is 2.12 bits per heavy atom. The fraction of sp³-hybridized carbons (Fsp3) is 0.500. The van der Waals surface area contributed by atoms with Crippen molar-refractivity contribution in [3.05, 3.63) is 83.7 Å². The molecule has 1 atom stereocenters. The summed E-state index contributed by atoms with van der Waals surface area (Å²) in [5.41, 5.74) is 4.23. The molecule has 51 heavy (non-hydrogen) atoms. The van der Waals surface area contributed by atoms with E-state index in [1.165, 1.54) is 49.0 Å². The van der Waals surface area contributed by atoms with Crippen molar-refractivity contribution < 1.29 is 23.9 Å². The summed E-state index contributed by atoms with van der Waals surface area (Å²) < 4.78 is 10.7. The van der Waals surface area contributed by atoms with Gasteiger partial charge in [0.25, 0.3) is 0 Å². The van der Waals surface area contributed by atoms with E-state index in [0.29, 0.717) is 11.6 Å². The first-order valence-electron chi connectivity index (χ1n) is 18.5. The number of benzene rings is 2. The van der Waals surface area contributed by atoms with E-state index in [9.17, 15) is 14.4 Å². The Morgan fingerprint density at radius 1 is 0.863 bits per heavy atom. The topological polar surface area (TPSA) is 111 Å². The zero-order chi connectivity index (χ0) is 36.4. The van der Waals surface area contributed by atoms with Gasteiger partial charge in [-0.25, -0.2) is 9.97 Å². The minimum absolute atomic E-state index is 0.117. The molecule has 1 fully saturated rings. The summed E-state index contributed by atoms with van der Waals surface area (Å²) in [5, 5.41) is 2.69. The van der Waals surface area contributed by atoms with Crippen LogP contribution in [-0.4, -0.2) is 58.5 Å². The van der Waals surface area contributed by atoms with Crippen LogP contribution < -0.4 is 10.1 Å². The molecule has 1 aromatic heterocycles. The predicted molar refractivity (Wildman–Crippen MR) is 199 cm³/mol. The lowest BCUT2D eigenvalue weighted by molar-refractivity contribution is -0.159. The first-order chi connectivity index (χ1) is 24.5. The molecule has 272 valence electrons. The van der Waals surface area contributed by atoms with Gasteiger partial charge in [-0.05, 0) is 99.5 Å². The number of ether oxygens (including phenoxy) is 2. The maximum atomic E-state index is 13.3. The largest absolute Gasteiger partial charge is 0.497 e. The molecule has 2 aromatic carbocycles. The Labute approximate surface area is 303 Å². The number of allylic oxidation sites excluding steroid dienone is 2. The van der Waals surface area contributed by atoms with Gasteiger partial charge in [0, 0.05) is 30.1 Å². The molecular formula is C42H54N4O5. The molecule has 2 amide bonds. The number of amides is 2. The molecule has 0 bridgehead atoms. The third kappa shape index (κ3) is 11.2. The van der Waals surface area contributed by atoms with Crippen molar-refractivity contribution >= 4 is 23.4 Å². The number of rotatable bonds is 13. The van der Waals surface area contributed by atoms with Gasteiger partial charge < -0.3 is 19.7 Å². The van der Waals surface area contributed by atoms with Crippen LogP contribution in [0.5, 0.6) is 5.75 Å². The van der Waals surface area contributed by atoms with E-state index in [-0.39, 0.29) is 37.9 Å². The van der Waals surface area contributed by atoms with Crippen molar-refractivity contribution in [2.24, 2.45) is 17.8 Å². The number of hydrogen-bond donors (Lipinski definition) is 1. The SMILES string of the molecule is CC[C@H]1CC[C@H](C2CC=C(c3cnc(-c4ccc(CN(CC(=O)OC(C)(C)C)C(=O)CNC(=O)Cc5ccc(OC)cc5)cc4)nc3)CC2)CC1.